The number of benzene rings is 2. The summed E-state index contributed by atoms with van der Waals surface area (Å²) < 4.78 is 5.20. The van der Waals surface area contributed by atoms with E-state index in [0.717, 1.165) is 42.6 Å². The van der Waals surface area contributed by atoms with Crippen LogP contribution in [0.25, 0.3) is 11.4 Å². The number of aliphatic imine (C=N–C) groups is 1. The molecule has 2 aromatic carbocycles. The maximum atomic E-state index is 5.20. The van der Waals surface area contributed by atoms with Crippen molar-refractivity contribution in [3.63, 3.8) is 0 Å². The zero-order valence-corrected chi connectivity index (χ0v) is 18.2. The Bertz CT molecular complexity index is 1010. The van der Waals surface area contributed by atoms with E-state index in [9.17, 15) is 0 Å². The van der Waals surface area contributed by atoms with Crippen LogP contribution in [0.15, 0.2) is 53.5 Å². The molecule has 3 aromatic rings. The van der Waals surface area contributed by atoms with Crippen LogP contribution in [0, 0.1) is 6.92 Å². The number of guanidine groups is 1. The van der Waals surface area contributed by atoms with Crippen molar-refractivity contribution in [3.05, 3.63) is 59.9 Å². The minimum absolute atomic E-state index is 0.345. The topological polar surface area (TPSA) is 90.5 Å². The van der Waals surface area contributed by atoms with E-state index in [1.807, 2.05) is 24.3 Å². The summed E-state index contributed by atoms with van der Waals surface area (Å²) in [5.41, 5.74) is 3.49. The number of rotatable bonds is 6. The van der Waals surface area contributed by atoms with Crippen molar-refractivity contribution in [2.45, 2.75) is 25.9 Å². The normalized spacial score (nSPS) is 16.4. The van der Waals surface area contributed by atoms with Crippen molar-refractivity contribution in [2.24, 2.45) is 4.99 Å². The quantitative estimate of drug-likeness (QED) is 0.420. The molecule has 0 aliphatic carbocycles. The summed E-state index contributed by atoms with van der Waals surface area (Å²) in [7, 11) is 3.43. The van der Waals surface area contributed by atoms with E-state index in [-0.39, 0.29) is 0 Å². The fourth-order valence-corrected chi connectivity index (χ4v) is 3.67. The minimum Gasteiger partial charge on any atom is -0.497 e. The number of nitrogens with zero attached hydrogens (tertiary/aromatic N) is 4. The second-order valence-corrected chi connectivity index (χ2v) is 7.67. The number of methoxy groups -OCH3 is 1. The van der Waals surface area contributed by atoms with Crippen molar-refractivity contribution < 1.29 is 4.74 Å². The lowest BCUT2D eigenvalue weighted by Crippen LogP contribution is -2.44. The molecule has 8 nitrogen and oxygen atoms in total. The van der Waals surface area contributed by atoms with Gasteiger partial charge in [0.2, 0.25) is 0 Å². The van der Waals surface area contributed by atoms with Crippen LogP contribution < -0.4 is 20.3 Å². The number of nitrogens with one attached hydrogen (secondary N) is 3. The Kier molecular flexibility index (Phi) is 6.35. The predicted molar refractivity (Wildman–Crippen MR) is 124 cm³/mol. The Balaban J connectivity index is 1.29. The van der Waals surface area contributed by atoms with Crippen LogP contribution in [-0.2, 0) is 6.54 Å². The summed E-state index contributed by atoms with van der Waals surface area (Å²) in [5.74, 6) is 2.98. The zero-order chi connectivity index (χ0) is 21.6. The van der Waals surface area contributed by atoms with Crippen LogP contribution in [0.4, 0.5) is 5.69 Å². The van der Waals surface area contributed by atoms with Gasteiger partial charge in [0.25, 0.3) is 0 Å². The molecule has 1 aromatic heterocycles. The number of anilines is 1. The number of aromatic nitrogens is 3. The molecule has 1 unspecified atom stereocenters. The first kappa shape index (κ1) is 20.7. The van der Waals surface area contributed by atoms with Gasteiger partial charge in [-0.2, -0.15) is 5.10 Å². The molecule has 0 bridgehead atoms. The fraction of sp³-hybridized carbons (Fsp3) is 0.348. The number of aryl methyl sites for hydroxylation is 1. The molecular weight excluding hydrogens is 390 g/mol. The highest BCUT2D eigenvalue weighted by Gasteiger charge is 2.23. The molecule has 4 rings (SSSR count). The van der Waals surface area contributed by atoms with E-state index >= 15 is 0 Å². The molecule has 31 heavy (non-hydrogen) atoms. The first-order valence-corrected chi connectivity index (χ1v) is 10.5. The highest BCUT2D eigenvalue weighted by molar-refractivity contribution is 5.80. The van der Waals surface area contributed by atoms with Gasteiger partial charge in [0, 0.05) is 37.4 Å². The van der Waals surface area contributed by atoms with Crippen LogP contribution in [0.5, 0.6) is 5.75 Å². The van der Waals surface area contributed by atoms with Crippen LogP contribution in [0.2, 0.25) is 0 Å². The summed E-state index contributed by atoms with van der Waals surface area (Å²) in [4.78, 5) is 11.3. The highest BCUT2D eigenvalue weighted by atomic mass is 16.5. The van der Waals surface area contributed by atoms with Gasteiger partial charge in [-0.1, -0.05) is 17.7 Å². The number of H-pyrrole nitrogens is 1. The third kappa shape index (κ3) is 5.14. The van der Waals surface area contributed by atoms with Gasteiger partial charge in [-0.25, -0.2) is 4.98 Å². The Morgan fingerprint density at radius 1 is 1.19 bits per heavy atom. The average Bonchev–Trinajstić information content (AvgIpc) is 3.47. The van der Waals surface area contributed by atoms with E-state index < -0.39 is 0 Å². The van der Waals surface area contributed by atoms with E-state index in [4.69, 9.17) is 4.74 Å². The number of ether oxygens (including phenoxy) is 1. The summed E-state index contributed by atoms with van der Waals surface area (Å²) in [6.07, 6.45) is 1.07. The molecule has 0 saturated carbocycles. The lowest BCUT2D eigenvalue weighted by Gasteiger charge is -2.20. The van der Waals surface area contributed by atoms with Gasteiger partial charge in [0.15, 0.2) is 11.8 Å². The van der Waals surface area contributed by atoms with E-state index in [1.54, 1.807) is 14.2 Å². The van der Waals surface area contributed by atoms with Gasteiger partial charge in [0.05, 0.1) is 13.7 Å². The molecule has 2 heterocycles. The molecule has 1 saturated heterocycles. The Hall–Kier alpha value is -3.55. The molecule has 1 atom stereocenters. The van der Waals surface area contributed by atoms with Crippen molar-refractivity contribution in [2.75, 3.05) is 32.1 Å². The third-order valence-corrected chi connectivity index (χ3v) is 5.46. The van der Waals surface area contributed by atoms with Gasteiger partial charge >= 0.3 is 0 Å². The van der Waals surface area contributed by atoms with E-state index in [2.05, 4.69) is 66.9 Å². The first-order chi connectivity index (χ1) is 15.1. The fourth-order valence-electron chi connectivity index (χ4n) is 3.67. The molecular formula is C23H29N7O. The third-order valence-electron chi connectivity index (χ3n) is 5.46. The predicted octanol–water partition coefficient (Wildman–Crippen LogP) is 2.73. The molecule has 8 heteroatoms. The van der Waals surface area contributed by atoms with Crippen molar-refractivity contribution in [1.29, 1.82) is 0 Å². The van der Waals surface area contributed by atoms with Crippen LogP contribution >= 0.6 is 0 Å². The zero-order valence-electron chi connectivity index (χ0n) is 18.2. The lowest BCUT2D eigenvalue weighted by molar-refractivity contribution is 0.415. The minimum atomic E-state index is 0.345. The molecule has 1 fully saturated rings. The summed E-state index contributed by atoms with van der Waals surface area (Å²) in [6.45, 7) is 4.61. The molecule has 162 valence electrons. The second kappa shape index (κ2) is 9.51. The average molecular weight is 420 g/mol. The highest BCUT2D eigenvalue weighted by Crippen LogP contribution is 2.21. The van der Waals surface area contributed by atoms with Crippen LogP contribution in [0.1, 0.15) is 17.8 Å². The molecule has 0 radical (unpaired) electrons. The monoisotopic (exact) mass is 419 g/mol. The Labute approximate surface area is 182 Å². The van der Waals surface area contributed by atoms with E-state index in [1.165, 1.54) is 11.3 Å². The Morgan fingerprint density at radius 2 is 1.97 bits per heavy atom. The largest absolute Gasteiger partial charge is 0.497 e. The standard InChI is InChI=1S/C23H29N7O/c1-16-4-8-19(9-5-16)30-13-12-18(15-30)26-23(24-2)25-14-21-27-22(29-28-21)17-6-10-20(31-3)11-7-17/h4-11,18H,12-15H2,1-3H3,(H2,24,25,26)(H,27,28,29). The molecule has 3 N–H and O–H groups in total. The summed E-state index contributed by atoms with van der Waals surface area (Å²) >= 11 is 0. The van der Waals surface area contributed by atoms with Gasteiger partial charge in [0.1, 0.15) is 11.6 Å². The molecule has 0 amide bonds. The van der Waals surface area contributed by atoms with Crippen LogP contribution in [0.3, 0.4) is 0 Å². The van der Waals surface area contributed by atoms with Crippen molar-refractivity contribution in [1.82, 2.24) is 25.8 Å². The molecule has 1 aliphatic rings. The Morgan fingerprint density at radius 3 is 2.68 bits per heavy atom. The number of aromatic amines is 1. The van der Waals surface area contributed by atoms with Gasteiger partial charge in [-0.3, -0.25) is 10.1 Å². The van der Waals surface area contributed by atoms with Gasteiger partial charge in [-0.05, 0) is 49.7 Å². The summed E-state index contributed by atoms with van der Waals surface area (Å²) in [6, 6.07) is 16.7. The van der Waals surface area contributed by atoms with Gasteiger partial charge in [-0.15, -0.1) is 0 Å². The maximum absolute atomic E-state index is 5.20. The maximum Gasteiger partial charge on any atom is 0.191 e. The molecule has 1 aliphatic heterocycles. The second-order valence-electron chi connectivity index (χ2n) is 7.67. The van der Waals surface area contributed by atoms with Crippen LogP contribution in [-0.4, -0.2) is 54.4 Å². The number of hydrogen-bond acceptors (Lipinski definition) is 5. The SMILES string of the molecule is CN=C(NCc1nc(-c2ccc(OC)cc2)n[nH]1)NC1CCN(c2ccc(C)cc2)C1. The number of hydrogen-bond donors (Lipinski definition) is 3. The first-order valence-electron chi connectivity index (χ1n) is 10.5. The smallest absolute Gasteiger partial charge is 0.191 e. The molecule has 0 spiro atoms. The van der Waals surface area contributed by atoms with Crippen molar-refractivity contribution in [3.8, 4) is 17.1 Å². The lowest BCUT2D eigenvalue weighted by atomic mass is 10.2. The van der Waals surface area contributed by atoms with Crippen molar-refractivity contribution >= 4 is 11.6 Å². The van der Waals surface area contributed by atoms with Gasteiger partial charge < -0.3 is 20.3 Å². The van der Waals surface area contributed by atoms with E-state index in [0.29, 0.717) is 18.4 Å². The summed E-state index contributed by atoms with van der Waals surface area (Å²) in [5, 5.41) is 14.2.